The highest BCUT2D eigenvalue weighted by Gasteiger charge is 2.10. The first-order valence-electron chi connectivity index (χ1n) is 5.93. The van der Waals surface area contributed by atoms with Gasteiger partial charge in [-0.2, -0.15) is 0 Å². The average molecular weight is 376 g/mol. The zero-order chi connectivity index (χ0) is 14.5. The normalized spacial score (nSPS) is 10.4. The quantitative estimate of drug-likeness (QED) is 0.644. The Kier molecular flexibility index (Phi) is 5.58. The van der Waals surface area contributed by atoms with Crippen molar-refractivity contribution in [2.24, 2.45) is 0 Å². The molecular formula is C15H13BrCl2O2. The van der Waals surface area contributed by atoms with Crippen molar-refractivity contribution >= 4 is 39.1 Å². The molecular weight excluding hydrogens is 363 g/mol. The summed E-state index contributed by atoms with van der Waals surface area (Å²) in [4.78, 5) is 0. The highest BCUT2D eigenvalue weighted by molar-refractivity contribution is 9.08. The summed E-state index contributed by atoms with van der Waals surface area (Å²) in [5.41, 5.74) is 1.93. The Morgan fingerprint density at radius 1 is 1.15 bits per heavy atom. The van der Waals surface area contributed by atoms with Gasteiger partial charge >= 0.3 is 0 Å². The lowest BCUT2D eigenvalue weighted by Gasteiger charge is -2.13. The van der Waals surface area contributed by atoms with Gasteiger partial charge in [0.1, 0.15) is 18.1 Å². The summed E-state index contributed by atoms with van der Waals surface area (Å²) in [7, 11) is 1.64. The molecule has 0 saturated heterocycles. The predicted molar refractivity (Wildman–Crippen MR) is 86.4 cm³/mol. The zero-order valence-corrected chi connectivity index (χ0v) is 13.9. The van der Waals surface area contributed by atoms with Gasteiger partial charge in [0.25, 0.3) is 0 Å². The maximum Gasteiger partial charge on any atom is 0.142 e. The molecule has 0 fully saturated rings. The van der Waals surface area contributed by atoms with Crippen LogP contribution in [0, 0.1) is 0 Å². The van der Waals surface area contributed by atoms with E-state index < -0.39 is 0 Å². The van der Waals surface area contributed by atoms with Crippen LogP contribution in [0.5, 0.6) is 11.5 Å². The van der Waals surface area contributed by atoms with Crippen LogP contribution in [0.3, 0.4) is 0 Å². The van der Waals surface area contributed by atoms with Crippen molar-refractivity contribution in [1.82, 2.24) is 0 Å². The molecule has 20 heavy (non-hydrogen) atoms. The summed E-state index contributed by atoms with van der Waals surface area (Å²) in [6.07, 6.45) is 0. The number of ether oxygens (including phenoxy) is 2. The Balaban J connectivity index is 2.18. The largest absolute Gasteiger partial charge is 0.497 e. The van der Waals surface area contributed by atoms with Crippen LogP contribution in [0.25, 0.3) is 0 Å². The topological polar surface area (TPSA) is 18.5 Å². The summed E-state index contributed by atoms with van der Waals surface area (Å²) >= 11 is 15.6. The molecule has 0 atom stereocenters. The molecule has 0 radical (unpaired) electrons. The van der Waals surface area contributed by atoms with E-state index in [0.717, 1.165) is 16.9 Å². The third-order valence-electron chi connectivity index (χ3n) is 2.75. The minimum Gasteiger partial charge on any atom is -0.497 e. The third-order valence-corrected chi connectivity index (χ3v) is 3.85. The van der Waals surface area contributed by atoms with Gasteiger partial charge in [-0.3, -0.25) is 0 Å². The SMILES string of the molecule is COc1cccc(COc2c(Cl)cc(Cl)cc2CBr)c1. The van der Waals surface area contributed by atoms with Crippen LogP contribution < -0.4 is 9.47 Å². The van der Waals surface area contributed by atoms with E-state index in [1.165, 1.54) is 0 Å². The molecule has 0 spiro atoms. The summed E-state index contributed by atoms with van der Waals surface area (Å²) in [5, 5.41) is 1.73. The van der Waals surface area contributed by atoms with Crippen LogP contribution in [-0.4, -0.2) is 7.11 Å². The molecule has 0 amide bonds. The molecule has 0 unspecified atom stereocenters. The Morgan fingerprint density at radius 3 is 2.65 bits per heavy atom. The fraction of sp³-hybridized carbons (Fsp3) is 0.200. The van der Waals surface area contributed by atoms with Crippen LogP contribution >= 0.6 is 39.1 Å². The minimum absolute atomic E-state index is 0.415. The number of benzene rings is 2. The first kappa shape index (κ1) is 15.5. The summed E-state index contributed by atoms with van der Waals surface area (Å²) < 4.78 is 11.0. The van der Waals surface area contributed by atoms with E-state index in [-0.39, 0.29) is 0 Å². The molecule has 106 valence electrons. The predicted octanol–water partition coefficient (Wildman–Crippen LogP) is 5.48. The second-order valence-electron chi connectivity index (χ2n) is 4.15. The van der Waals surface area contributed by atoms with Gasteiger partial charge < -0.3 is 9.47 Å². The molecule has 2 rings (SSSR count). The molecule has 0 aliphatic carbocycles. The van der Waals surface area contributed by atoms with Gasteiger partial charge in [-0.25, -0.2) is 0 Å². The van der Waals surface area contributed by atoms with E-state index in [1.54, 1.807) is 13.2 Å². The summed E-state index contributed by atoms with van der Waals surface area (Å²) in [5.74, 6) is 1.45. The van der Waals surface area contributed by atoms with Gasteiger partial charge in [-0.05, 0) is 29.8 Å². The van der Waals surface area contributed by atoms with Crippen molar-refractivity contribution in [3.63, 3.8) is 0 Å². The highest BCUT2D eigenvalue weighted by atomic mass is 79.9. The Morgan fingerprint density at radius 2 is 1.95 bits per heavy atom. The van der Waals surface area contributed by atoms with E-state index in [4.69, 9.17) is 32.7 Å². The lowest BCUT2D eigenvalue weighted by molar-refractivity contribution is 0.303. The highest BCUT2D eigenvalue weighted by Crippen LogP contribution is 2.34. The van der Waals surface area contributed by atoms with E-state index >= 15 is 0 Å². The van der Waals surface area contributed by atoms with Gasteiger partial charge in [0, 0.05) is 15.9 Å². The molecule has 2 nitrogen and oxygen atoms in total. The van der Waals surface area contributed by atoms with E-state index in [0.29, 0.717) is 27.7 Å². The van der Waals surface area contributed by atoms with Crippen molar-refractivity contribution in [2.75, 3.05) is 7.11 Å². The molecule has 2 aromatic rings. The van der Waals surface area contributed by atoms with Crippen molar-refractivity contribution in [1.29, 1.82) is 0 Å². The number of alkyl halides is 1. The van der Waals surface area contributed by atoms with Crippen molar-refractivity contribution in [3.05, 3.63) is 57.6 Å². The smallest absolute Gasteiger partial charge is 0.142 e. The standard InChI is InChI=1S/C15H13BrCl2O2/c1-19-13-4-2-3-10(5-13)9-20-15-11(8-16)6-12(17)7-14(15)18/h2-7H,8-9H2,1H3. The second kappa shape index (κ2) is 7.21. The van der Waals surface area contributed by atoms with Crippen LogP contribution in [0.1, 0.15) is 11.1 Å². The van der Waals surface area contributed by atoms with Crippen molar-refractivity contribution < 1.29 is 9.47 Å². The molecule has 0 saturated carbocycles. The summed E-state index contributed by atoms with van der Waals surface area (Å²) in [6, 6.07) is 11.2. The first-order chi connectivity index (χ1) is 9.63. The third kappa shape index (κ3) is 3.81. The lowest BCUT2D eigenvalue weighted by Crippen LogP contribution is -1.99. The fourth-order valence-corrected chi connectivity index (χ4v) is 2.80. The van der Waals surface area contributed by atoms with Crippen LogP contribution in [0.2, 0.25) is 10.0 Å². The Hall–Kier alpha value is -0.900. The van der Waals surface area contributed by atoms with Gasteiger partial charge in [-0.15, -0.1) is 0 Å². The Labute approximate surface area is 136 Å². The number of hydrogen-bond donors (Lipinski definition) is 0. The maximum atomic E-state index is 6.18. The minimum atomic E-state index is 0.415. The van der Waals surface area contributed by atoms with E-state index in [2.05, 4.69) is 15.9 Å². The molecule has 0 aromatic heterocycles. The molecule has 0 heterocycles. The molecule has 0 N–H and O–H groups in total. The maximum absolute atomic E-state index is 6.18. The Bertz CT molecular complexity index is 602. The first-order valence-corrected chi connectivity index (χ1v) is 7.81. The lowest BCUT2D eigenvalue weighted by atomic mass is 10.2. The number of rotatable bonds is 5. The number of methoxy groups -OCH3 is 1. The molecule has 0 bridgehead atoms. The van der Waals surface area contributed by atoms with Crippen LogP contribution in [0.4, 0.5) is 0 Å². The van der Waals surface area contributed by atoms with Gasteiger partial charge in [0.15, 0.2) is 0 Å². The van der Waals surface area contributed by atoms with Crippen LogP contribution in [0.15, 0.2) is 36.4 Å². The monoisotopic (exact) mass is 374 g/mol. The molecule has 5 heteroatoms. The van der Waals surface area contributed by atoms with Gasteiger partial charge in [0.2, 0.25) is 0 Å². The average Bonchev–Trinajstić information content (AvgIpc) is 2.45. The van der Waals surface area contributed by atoms with Crippen molar-refractivity contribution in [3.8, 4) is 11.5 Å². The van der Waals surface area contributed by atoms with Crippen molar-refractivity contribution in [2.45, 2.75) is 11.9 Å². The van der Waals surface area contributed by atoms with Gasteiger partial charge in [-0.1, -0.05) is 51.3 Å². The number of halogens is 3. The summed E-state index contributed by atoms with van der Waals surface area (Å²) in [6.45, 7) is 0.415. The molecule has 0 aliphatic heterocycles. The van der Waals surface area contributed by atoms with E-state index in [9.17, 15) is 0 Å². The zero-order valence-electron chi connectivity index (χ0n) is 10.8. The van der Waals surface area contributed by atoms with Crippen LogP contribution in [-0.2, 0) is 11.9 Å². The second-order valence-corrected chi connectivity index (χ2v) is 5.55. The van der Waals surface area contributed by atoms with Gasteiger partial charge in [0.05, 0.1) is 12.1 Å². The number of hydrogen-bond acceptors (Lipinski definition) is 2. The molecule has 2 aromatic carbocycles. The molecule has 0 aliphatic rings. The van der Waals surface area contributed by atoms with E-state index in [1.807, 2.05) is 30.3 Å². The fourth-order valence-electron chi connectivity index (χ4n) is 1.79.